The van der Waals surface area contributed by atoms with E-state index in [1.54, 1.807) is 0 Å². The Balaban J connectivity index is 1.90. The number of hydrogen-bond donors (Lipinski definition) is 2. The van der Waals surface area contributed by atoms with Crippen LogP contribution in [0.3, 0.4) is 0 Å². The van der Waals surface area contributed by atoms with Gasteiger partial charge in [0.25, 0.3) is 0 Å². The van der Waals surface area contributed by atoms with Gasteiger partial charge in [0.05, 0.1) is 21.1 Å². The van der Waals surface area contributed by atoms with Gasteiger partial charge in [-0.05, 0) is 36.9 Å². The van der Waals surface area contributed by atoms with Crippen LogP contribution in [0.15, 0.2) is 12.1 Å². The molecule has 3 N–H and O–H groups in total. The number of nitrogens with zero attached hydrogens (tertiary/aromatic N) is 1. The smallest absolute Gasteiger partial charge is 0.107 e. The topological polar surface area (TPSA) is 54.7 Å². The van der Waals surface area contributed by atoms with Crippen molar-refractivity contribution in [3.63, 3.8) is 0 Å². The number of rotatable bonds is 3. The van der Waals surface area contributed by atoms with Crippen LogP contribution in [-0.4, -0.2) is 16.5 Å². The molecule has 0 bridgehead atoms. The van der Waals surface area contributed by atoms with Crippen molar-refractivity contribution in [1.29, 1.82) is 0 Å². The molecule has 0 saturated heterocycles. The monoisotopic (exact) mass is 311 g/mol. The third kappa shape index (κ3) is 2.67. The van der Waals surface area contributed by atoms with Crippen molar-refractivity contribution in [3.8, 4) is 0 Å². The van der Waals surface area contributed by atoms with Gasteiger partial charge in [-0.2, -0.15) is 0 Å². The zero-order valence-electron chi connectivity index (χ0n) is 11.4. The number of hydrogen-bond acceptors (Lipinski definition) is 2. The third-order valence-corrected chi connectivity index (χ3v) is 5.18. The molecule has 20 heavy (non-hydrogen) atoms. The molecule has 1 saturated carbocycles. The first-order chi connectivity index (χ1) is 9.62. The van der Waals surface area contributed by atoms with E-state index in [-0.39, 0.29) is 5.41 Å². The van der Waals surface area contributed by atoms with Crippen LogP contribution < -0.4 is 5.73 Å². The molecule has 3 rings (SSSR count). The molecule has 0 unspecified atom stereocenters. The lowest BCUT2D eigenvalue weighted by Crippen LogP contribution is -2.35. The Labute approximate surface area is 128 Å². The number of H-pyrrole nitrogens is 1. The van der Waals surface area contributed by atoms with Crippen molar-refractivity contribution >= 4 is 34.2 Å². The average Bonchev–Trinajstić information content (AvgIpc) is 2.81. The summed E-state index contributed by atoms with van der Waals surface area (Å²) in [5, 5.41) is 1.10. The molecule has 0 aliphatic heterocycles. The van der Waals surface area contributed by atoms with E-state index in [1.165, 1.54) is 32.1 Å². The Morgan fingerprint density at radius 2 is 1.85 bits per heavy atom. The highest BCUT2D eigenvalue weighted by atomic mass is 35.5. The summed E-state index contributed by atoms with van der Waals surface area (Å²) < 4.78 is 0. The molecule has 3 nitrogen and oxygen atoms in total. The molecule has 2 aromatic rings. The number of benzene rings is 1. The summed E-state index contributed by atoms with van der Waals surface area (Å²) in [5.41, 5.74) is 8.07. The van der Waals surface area contributed by atoms with Gasteiger partial charge in [0.15, 0.2) is 0 Å². The quantitative estimate of drug-likeness (QED) is 0.886. The molecule has 1 aliphatic carbocycles. The molecule has 0 radical (unpaired) electrons. The number of imidazole rings is 1. The highest BCUT2D eigenvalue weighted by Gasteiger charge is 2.31. The van der Waals surface area contributed by atoms with E-state index in [4.69, 9.17) is 28.9 Å². The molecule has 1 aromatic heterocycles. The van der Waals surface area contributed by atoms with Gasteiger partial charge in [-0.1, -0.05) is 42.5 Å². The van der Waals surface area contributed by atoms with E-state index < -0.39 is 0 Å². The highest BCUT2D eigenvalue weighted by molar-refractivity contribution is 6.42. The molecule has 5 heteroatoms. The molecule has 0 spiro atoms. The SMILES string of the molecule is NCC1(Cc2nc3cc(Cl)c(Cl)cc3[nH]2)CCCCC1. The van der Waals surface area contributed by atoms with Crippen LogP contribution in [0.25, 0.3) is 11.0 Å². The van der Waals surface area contributed by atoms with Crippen molar-refractivity contribution in [2.75, 3.05) is 6.54 Å². The fourth-order valence-corrected chi connectivity index (χ4v) is 3.57. The maximum absolute atomic E-state index is 6.04. The van der Waals surface area contributed by atoms with E-state index in [0.717, 1.165) is 29.8 Å². The Hall–Kier alpha value is -0.770. The maximum Gasteiger partial charge on any atom is 0.107 e. The van der Waals surface area contributed by atoms with Crippen molar-refractivity contribution in [3.05, 3.63) is 28.0 Å². The van der Waals surface area contributed by atoms with E-state index in [1.807, 2.05) is 12.1 Å². The Bertz CT molecular complexity index is 576. The summed E-state index contributed by atoms with van der Waals surface area (Å²) in [5.74, 6) is 0.991. The molecule has 108 valence electrons. The fourth-order valence-electron chi connectivity index (χ4n) is 3.25. The van der Waals surface area contributed by atoms with Gasteiger partial charge in [-0.3, -0.25) is 0 Å². The molecule has 1 heterocycles. The maximum atomic E-state index is 6.04. The summed E-state index contributed by atoms with van der Waals surface area (Å²) in [6.07, 6.45) is 7.18. The second-order valence-corrected chi connectivity index (χ2v) is 6.72. The van der Waals surface area contributed by atoms with Crippen LogP contribution in [-0.2, 0) is 6.42 Å². The molecule has 1 aliphatic rings. The zero-order valence-corrected chi connectivity index (χ0v) is 12.9. The normalized spacial score (nSPS) is 18.6. The second kappa shape index (κ2) is 5.55. The minimum Gasteiger partial charge on any atom is -0.342 e. The van der Waals surface area contributed by atoms with Gasteiger partial charge in [0, 0.05) is 6.42 Å². The Morgan fingerprint density at radius 1 is 1.15 bits per heavy atom. The molecular formula is C15H19Cl2N3. The van der Waals surface area contributed by atoms with Gasteiger partial charge in [0.1, 0.15) is 5.82 Å². The number of aromatic amines is 1. The zero-order chi connectivity index (χ0) is 14.2. The number of nitrogens with two attached hydrogens (primary N) is 1. The molecular weight excluding hydrogens is 293 g/mol. The van der Waals surface area contributed by atoms with Crippen LogP contribution in [0.1, 0.15) is 37.9 Å². The van der Waals surface area contributed by atoms with Crippen LogP contribution in [0, 0.1) is 5.41 Å². The minimum atomic E-state index is 0.208. The van der Waals surface area contributed by atoms with Gasteiger partial charge >= 0.3 is 0 Å². The van der Waals surface area contributed by atoms with Gasteiger partial charge in [-0.25, -0.2) is 4.98 Å². The van der Waals surface area contributed by atoms with Crippen molar-refractivity contribution in [2.24, 2.45) is 11.1 Å². The first-order valence-corrected chi connectivity index (χ1v) is 7.91. The number of aromatic nitrogens is 2. The lowest BCUT2D eigenvalue weighted by Gasteiger charge is -2.35. The second-order valence-electron chi connectivity index (χ2n) is 5.91. The summed E-state index contributed by atoms with van der Waals surface area (Å²) in [6, 6.07) is 3.65. The van der Waals surface area contributed by atoms with E-state index in [9.17, 15) is 0 Å². The van der Waals surface area contributed by atoms with Crippen molar-refractivity contribution < 1.29 is 0 Å². The third-order valence-electron chi connectivity index (χ3n) is 4.46. The average molecular weight is 312 g/mol. The number of fused-ring (bicyclic) bond motifs is 1. The van der Waals surface area contributed by atoms with E-state index in [0.29, 0.717) is 10.0 Å². The number of nitrogens with one attached hydrogen (secondary N) is 1. The summed E-state index contributed by atoms with van der Waals surface area (Å²) in [6.45, 7) is 0.728. The summed E-state index contributed by atoms with van der Waals surface area (Å²) >= 11 is 12.1. The van der Waals surface area contributed by atoms with Crippen LogP contribution in [0.4, 0.5) is 0 Å². The Kier molecular flexibility index (Phi) is 3.93. The molecule has 1 aromatic carbocycles. The highest BCUT2D eigenvalue weighted by Crippen LogP contribution is 2.38. The van der Waals surface area contributed by atoms with E-state index >= 15 is 0 Å². The number of halogens is 2. The standard InChI is InChI=1S/C15H19Cl2N3/c16-10-6-12-13(7-11(10)17)20-14(19-12)8-15(9-18)4-2-1-3-5-15/h6-7H,1-5,8-9,18H2,(H,19,20). The molecule has 1 fully saturated rings. The van der Waals surface area contributed by atoms with Crippen molar-refractivity contribution in [2.45, 2.75) is 38.5 Å². The van der Waals surface area contributed by atoms with E-state index in [2.05, 4.69) is 9.97 Å². The van der Waals surface area contributed by atoms with Crippen LogP contribution in [0.5, 0.6) is 0 Å². The molecule has 0 amide bonds. The van der Waals surface area contributed by atoms with Gasteiger partial charge < -0.3 is 10.7 Å². The van der Waals surface area contributed by atoms with Crippen LogP contribution in [0.2, 0.25) is 10.0 Å². The van der Waals surface area contributed by atoms with Gasteiger partial charge in [-0.15, -0.1) is 0 Å². The van der Waals surface area contributed by atoms with Gasteiger partial charge in [0.2, 0.25) is 0 Å². The Morgan fingerprint density at radius 3 is 2.55 bits per heavy atom. The van der Waals surface area contributed by atoms with Crippen molar-refractivity contribution in [1.82, 2.24) is 9.97 Å². The predicted octanol–water partition coefficient (Wildman–Crippen LogP) is 4.32. The summed E-state index contributed by atoms with van der Waals surface area (Å²) in [7, 11) is 0. The first-order valence-electron chi connectivity index (χ1n) is 7.16. The summed E-state index contributed by atoms with van der Waals surface area (Å²) in [4.78, 5) is 8.01. The van der Waals surface area contributed by atoms with Crippen LogP contribution >= 0.6 is 23.2 Å². The fraction of sp³-hybridized carbons (Fsp3) is 0.533. The lowest BCUT2D eigenvalue weighted by molar-refractivity contribution is 0.194. The molecule has 0 atom stereocenters. The minimum absolute atomic E-state index is 0.208. The predicted molar refractivity (Wildman–Crippen MR) is 84.4 cm³/mol. The first kappa shape index (κ1) is 14.2. The lowest BCUT2D eigenvalue weighted by atomic mass is 9.72. The largest absolute Gasteiger partial charge is 0.342 e.